The summed E-state index contributed by atoms with van der Waals surface area (Å²) in [7, 11) is 0. The van der Waals surface area contributed by atoms with E-state index in [1.807, 2.05) is 12.1 Å². The number of nitrogens with one attached hydrogen (secondary N) is 1. The Labute approximate surface area is 169 Å². The van der Waals surface area contributed by atoms with Crippen molar-refractivity contribution >= 4 is 22.2 Å². The lowest BCUT2D eigenvalue weighted by Crippen LogP contribution is -3.13. The number of aromatic hydroxyl groups is 1. The van der Waals surface area contributed by atoms with E-state index in [1.165, 1.54) is 20.8 Å². The average molecular weight is 414 g/mol. The standard InChI is InChI=1S/C19H19N5O4S/c20-16(25)11-5-7-23(8-6-11)14(12-3-1-9-27-12)15-18(26)24-19(29-15)21-17(22-24)13-4-2-10-28-13/h1-4,9-11,14,26H,5-8H2,(H2,20,25)/p+1/t14-/m1/s1. The van der Waals surface area contributed by atoms with Crippen LogP contribution < -0.4 is 10.6 Å². The van der Waals surface area contributed by atoms with Crippen LogP contribution in [0.5, 0.6) is 5.88 Å². The molecule has 0 aromatic carbocycles. The monoisotopic (exact) mass is 414 g/mol. The van der Waals surface area contributed by atoms with Gasteiger partial charge < -0.3 is 24.6 Å². The van der Waals surface area contributed by atoms with E-state index < -0.39 is 0 Å². The molecule has 10 heteroatoms. The van der Waals surface area contributed by atoms with Gasteiger partial charge in [0.2, 0.25) is 22.6 Å². The lowest BCUT2D eigenvalue weighted by Gasteiger charge is -2.32. The maximum Gasteiger partial charge on any atom is 0.235 e. The maximum absolute atomic E-state index is 11.5. The lowest BCUT2D eigenvalue weighted by molar-refractivity contribution is -0.931. The number of aromatic nitrogens is 3. The van der Waals surface area contributed by atoms with Crippen LogP contribution in [0.2, 0.25) is 0 Å². The van der Waals surface area contributed by atoms with E-state index in [1.54, 1.807) is 24.7 Å². The van der Waals surface area contributed by atoms with E-state index >= 15 is 0 Å². The summed E-state index contributed by atoms with van der Waals surface area (Å²) in [5.41, 5.74) is 5.48. The maximum atomic E-state index is 11.5. The van der Waals surface area contributed by atoms with Crippen molar-refractivity contribution in [1.82, 2.24) is 14.6 Å². The van der Waals surface area contributed by atoms with Crippen LogP contribution in [0.3, 0.4) is 0 Å². The zero-order chi connectivity index (χ0) is 20.0. The van der Waals surface area contributed by atoms with E-state index in [4.69, 9.17) is 14.6 Å². The number of hydrogen-bond acceptors (Lipinski definition) is 7. The Bertz CT molecular complexity index is 1120. The summed E-state index contributed by atoms with van der Waals surface area (Å²) in [5.74, 6) is 1.43. The zero-order valence-corrected chi connectivity index (χ0v) is 16.3. The SMILES string of the molecule is NC(=O)C1CC[NH+]([C@H](c2ccco2)c2sc3nc(-c4ccco4)nn3c2O)CC1. The number of thiazole rings is 1. The molecule has 150 valence electrons. The van der Waals surface area contributed by atoms with Gasteiger partial charge in [0.05, 0.1) is 25.6 Å². The first-order valence-electron chi connectivity index (χ1n) is 9.41. The summed E-state index contributed by atoms with van der Waals surface area (Å²) >= 11 is 1.37. The predicted octanol–water partition coefficient (Wildman–Crippen LogP) is 1.22. The van der Waals surface area contributed by atoms with E-state index in [0.717, 1.165) is 23.7 Å². The molecule has 0 saturated carbocycles. The van der Waals surface area contributed by atoms with Crippen molar-refractivity contribution in [2.24, 2.45) is 11.7 Å². The number of nitrogens with zero attached hydrogens (tertiary/aromatic N) is 3. The number of rotatable bonds is 5. The number of fused-ring (bicyclic) bond motifs is 1. The molecule has 1 saturated heterocycles. The minimum atomic E-state index is -0.245. The Morgan fingerprint density at radius 1 is 1.28 bits per heavy atom. The highest BCUT2D eigenvalue weighted by atomic mass is 32.1. The van der Waals surface area contributed by atoms with Gasteiger partial charge in [0.1, 0.15) is 4.88 Å². The molecular weight excluding hydrogens is 394 g/mol. The predicted molar refractivity (Wildman–Crippen MR) is 103 cm³/mol. The summed E-state index contributed by atoms with van der Waals surface area (Å²) in [6.07, 6.45) is 4.61. The van der Waals surface area contributed by atoms with Crippen molar-refractivity contribution in [3.63, 3.8) is 0 Å². The number of amides is 1. The third-order valence-electron chi connectivity index (χ3n) is 5.47. The molecule has 0 aliphatic carbocycles. The fourth-order valence-electron chi connectivity index (χ4n) is 3.98. The fourth-order valence-corrected chi connectivity index (χ4v) is 5.10. The molecule has 0 unspecified atom stereocenters. The van der Waals surface area contributed by atoms with E-state index in [0.29, 0.717) is 29.4 Å². The minimum absolute atomic E-state index is 0.0428. The number of likely N-dealkylation sites (tertiary alicyclic amines) is 1. The van der Waals surface area contributed by atoms with Crippen LogP contribution in [0.25, 0.3) is 16.5 Å². The van der Waals surface area contributed by atoms with Gasteiger partial charge in [-0.2, -0.15) is 9.50 Å². The van der Waals surface area contributed by atoms with Crippen molar-refractivity contribution in [3.8, 4) is 17.5 Å². The Kier molecular flexibility index (Phi) is 4.36. The Balaban J connectivity index is 1.51. The normalized spacial score (nSPS) is 20.8. The lowest BCUT2D eigenvalue weighted by atomic mass is 9.94. The number of carbonyl (C=O) groups excluding carboxylic acids is 1. The molecule has 0 spiro atoms. The van der Waals surface area contributed by atoms with Crippen LogP contribution in [0.15, 0.2) is 45.6 Å². The Hall–Kier alpha value is -3.11. The smallest absolute Gasteiger partial charge is 0.235 e. The van der Waals surface area contributed by atoms with Crippen molar-refractivity contribution in [1.29, 1.82) is 0 Å². The molecule has 1 aliphatic heterocycles. The van der Waals surface area contributed by atoms with Crippen LogP contribution in [-0.4, -0.2) is 38.7 Å². The van der Waals surface area contributed by atoms with Crippen LogP contribution in [0.1, 0.15) is 29.5 Å². The highest BCUT2D eigenvalue weighted by Gasteiger charge is 2.38. The Morgan fingerprint density at radius 3 is 2.66 bits per heavy atom. The summed E-state index contributed by atoms with van der Waals surface area (Å²) in [6.45, 7) is 1.51. The molecular formula is C19H20N5O4S+. The van der Waals surface area contributed by atoms with Crippen molar-refractivity contribution in [2.45, 2.75) is 18.9 Å². The number of nitrogens with two attached hydrogens (primary N) is 1. The van der Waals surface area contributed by atoms with Crippen LogP contribution >= 0.6 is 11.3 Å². The van der Waals surface area contributed by atoms with Crippen molar-refractivity contribution < 1.29 is 23.6 Å². The Morgan fingerprint density at radius 2 is 2.03 bits per heavy atom. The molecule has 1 amide bonds. The van der Waals surface area contributed by atoms with Gasteiger partial charge in [0.15, 0.2) is 17.6 Å². The van der Waals surface area contributed by atoms with Gasteiger partial charge in [-0.05, 0) is 24.3 Å². The number of furan rings is 2. The number of primary amides is 1. The highest BCUT2D eigenvalue weighted by Crippen LogP contribution is 2.36. The van der Waals surface area contributed by atoms with Gasteiger partial charge in [-0.15, -0.1) is 5.10 Å². The molecule has 1 aliphatic rings. The number of hydrogen-bond donors (Lipinski definition) is 3. The number of quaternary nitrogens is 1. The molecule has 4 N–H and O–H groups in total. The number of carbonyl (C=O) groups is 1. The molecule has 0 bridgehead atoms. The van der Waals surface area contributed by atoms with Crippen LogP contribution in [0.4, 0.5) is 0 Å². The van der Waals surface area contributed by atoms with Gasteiger partial charge in [0, 0.05) is 18.8 Å². The fraction of sp³-hybridized carbons (Fsp3) is 0.316. The summed E-state index contributed by atoms with van der Waals surface area (Å²) in [5, 5.41) is 15.3. The summed E-state index contributed by atoms with van der Waals surface area (Å²) in [4.78, 5) is 18.5. The first-order chi connectivity index (χ1) is 14.1. The van der Waals surface area contributed by atoms with Gasteiger partial charge >= 0.3 is 0 Å². The highest BCUT2D eigenvalue weighted by molar-refractivity contribution is 7.17. The molecule has 4 aromatic heterocycles. The molecule has 5 rings (SSSR count). The first kappa shape index (κ1) is 18.0. The second-order valence-corrected chi connectivity index (χ2v) is 8.19. The molecule has 5 heterocycles. The first-order valence-corrected chi connectivity index (χ1v) is 10.2. The van der Waals surface area contributed by atoms with E-state index in [-0.39, 0.29) is 23.7 Å². The van der Waals surface area contributed by atoms with E-state index in [9.17, 15) is 9.90 Å². The quantitative estimate of drug-likeness (QED) is 0.451. The van der Waals surface area contributed by atoms with Crippen molar-refractivity contribution in [2.75, 3.05) is 13.1 Å². The van der Waals surface area contributed by atoms with Crippen molar-refractivity contribution in [3.05, 3.63) is 47.4 Å². The average Bonchev–Trinajstić information content (AvgIpc) is 3.50. The van der Waals surface area contributed by atoms with Crippen LogP contribution in [-0.2, 0) is 4.79 Å². The molecule has 1 atom stereocenters. The zero-order valence-electron chi connectivity index (χ0n) is 15.4. The van der Waals surface area contributed by atoms with Crippen LogP contribution in [0, 0.1) is 5.92 Å². The number of piperidine rings is 1. The molecule has 9 nitrogen and oxygen atoms in total. The third-order valence-corrected chi connectivity index (χ3v) is 6.55. The summed E-state index contributed by atoms with van der Waals surface area (Å²) in [6, 6.07) is 7.07. The van der Waals surface area contributed by atoms with Gasteiger partial charge in [-0.1, -0.05) is 11.3 Å². The topological polar surface area (TPSA) is 124 Å². The van der Waals surface area contributed by atoms with Gasteiger partial charge in [0.25, 0.3) is 0 Å². The van der Waals surface area contributed by atoms with Gasteiger partial charge in [-0.25, -0.2) is 0 Å². The molecule has 4 aromatic rings. The second-order valence-electron chi connectivity index (χ2n) is 7.18. The largest absolute Gasteiger partial charge is 0.492 e. The van der Waals surface area contributed by atoms with Gasteiger partial charge in [-0.3, -0.25) is 4.79 Å². The van der Waals surface area contributed by atoms with E-state index in [2.05, 4.69) is 10.1 Å². The second kappa shape index (κ2) is 7.05. The molecule has 0 radical (unpaired) electrons. The third kappa shape index (κ3) is 3.10. The minimum Gasteiger partial charge on any atom is -0.492 e. The molecule has 1 fully saturated rings. The molecule has 29 heavy (non-hydrogen) atoms. The summed E-state index contributed by atoms with van der Waals surface area (Å²) < 4.78 is 12.5.